The van der Waals surface area contributed by atoms with Crippen LogP contribution in [0.1, 0.15) is 25.8 Å². The van der Waals surface area contributed by atoms with Crippen LogP contribution in [0.5, 0.6) is 0 Å². The average molecular weight is 207 g/mol. The molecule has 0 atom stereocenters. The molecule has 0 aliphatic heterocycles. The second-order valence-corrected chi connectivity index (χ2v) is 3.25. The summed E-state index contributed by atoms with van der Waals surface area (Å²) in [5, 5.41) is 11.9. The van der Waals surface area contributed by atoms with Crippen molar-refractivity contribution in [3.63, 3.8) is 0 Å². The highest BCUT2D eigenvalue weighted by atomic mass is 19.1. The first kappa shape index (κ1) is 11.4. The lowest BCUT2D eigenvalue weighted by Gasteiger charge is -2.02. The van der Waals surface area contributed by atoms with Crippen molar-refractivity contribution < 1.29 is 9.60 Å². The fraction of sp³-hybridized carbons (Fsp3) is 0.250. The van der Waals surface area contributed by atoms with E-state index in [9.17, 15) is 4.39 Å². The molecule has 15 heavy (non-hydrogen) atoms. The molecule has 0 unspecified atom stereocenters. The minimum absolute atomic E-state index is 0.273. The molecule has 0 fully saturated rings. The van der Waals surface area contributed by atoms with Crippen molar-refractivity contribution >= 4 is 11.8 Å². The van der Waals surface area contributed by atoms with Gasteiger partial charge in [0.05, 0.1) is 5.71 Å². The molecule has 0 aliphatic rings. The first-order valence-corrected chi connectivity index (χ1v) is 4.83. The molecule has 1 rings (SSSR count). The van der Waals surface area contributed by atoms with E-state index in [4.69, 9.17) is 5.21 Å². The maximum atomic E-state index is 13.3. The van der Waals surface area contributed by atoms with E-state index in [1.165, 1.54) is 6.07 Å². The van der Waals surface area contributed by atoms with Crippen LogP contribution in [-0.4, -0.2) is 10.9 Å². The van der Waals surface area contributed by atoms with Crippen LogP contribution < -0.4 is 0 Å². The average Bonchev–Trinajstić information content (AvgIpc) is 2.23. The van der Waals surface area contributed by atoms with Gasteiger partial charge in [0.2, 0.25) is 0 Å². The number of halogens is 1. The van der Waals surface area contributed by atoms with Gasteiger partial charge < -0.3 is 5.21 Å². The summed E-state index contributed by atoms with van der Waals surface area (Å²) in [6.07, 6.45) is 2.29. The van der Waals surface area contributed by atoms with Gasteiger partial charge in [-0.25, -0.2) is 4.39 Å². The summed E-state index contributed by atoms with van der Waals surface area (Å²) < 4.78 is 13.3. The van der Waals surface area contributed by atoms with Crippen molar-refractivity contribution in [3.05, 3.63) is 41.2 Å². The van der Waals surface area contributed by atoms with Gasteiger partial charge in [0.25, 0.3) is 0 Å². The Balaban J connectivity index is 3.02. The Bertz CT molecular complexity index is 396. The number of benzene rings is 1. The first-order valence-electron chi connectivity index (χ1n) is 4.83. The van der Waals surface area contributed by atoms with Gasteiger partial charge in [-0.2, -0.15) is 0 Å². The molecule has 1 aromatic carbocycles. The summed E-state index contributed by atoms with van der Waals surface area (Å²) in [6, 6.07) is 6.50. The van der Waals surface area contributed by atoms with Gasteiger partial charge in [-0.1, -0.05) is 30.3 Å². The maximum absolute atomic E-state index is 13.3. The fourth-order valence-electron chi connectivity index (χ4n) is 1.34. The number of allylic oxidation sites excluding steroid dienone is 1. The SMILES string of the molecule is CCC(=NO)/C(C)=C/c1ccccc1F. The zero-order valence-electron chi connectivity index (χ0n) is 8.87. The van der Waals surface area contributed by atoms with E-state index in [1.54, 1.807) is 31.2 Å². The zero-order valence-corrected chi connectivity index (χ0v) is 8.87. The van der Waals surface area contributed by atoms with Crippen molar-refractivity contribution in [2.75, 3.05) is 0 Å². The Hall–Kier alpha value is -1.64. The summed E-state index contributed by atoms with van der Waals surface area (Å²) in [4.78, 5) is 0. The lowest BCUT2D eigenvalue weighted by Crippen LogP contribution is -1.98. The molecule has 0 saturated carbocycles. The molecular formula is C12H14FNO. The van der Waals surface area contributed by atoms with E-state index >= 15 is 0 Å². The van der Waals surface area contributed by atoms with E-state index in [2.05, 4.69) is 5.16 Å². The highest BCUT2D eigenvalue weighted by molar-refractivity contribution is 6.02. The number of rotatable bonds is 3. The predicted octanol–water partition coefficient (Wildman–Crippen LogP) is 3.47. The van der Waals surface area contributed by atoms with Crippen LogP contribution in [0, 0.1) is 5.82 Å². The molecule has 1 aromatic rings. The molecule has 2 nitrogen and oxygen atoms in total. The van der Waals surface area contributed by atoms with Crippen molar-refractivity contribution in [1.82, 2.24) is 0 Å². The summed E-state index contributed by atoms with van der Waals surface area (Å²) in [7, 11) is 0. The molecule has 1 N–H and O–H groups in total. The van der Waals surface area contributed by atoms with E-state index in [0.29, 0.717) is 17.7 Å². The first-order chi connectivity index (χ1) is 7.19. The summed E-state index contributed by atoms with van der Waals surface area (Å²) in [5.74, 6) is -0.273. The molecule has 0 bridgehead atoms. The Kier molecular flexibility index (Phi) is 4.03. The van der Waals surface area contributed by atoms with E-state index in [1.807, 2.05) is 6.92 Å². The third-order valence-corrected chi connectivity index (χ3v) is 2.19. The lowest BCUT2D eigenvalue weighted by atomic mass is 10.1. The highest BCUT2D eigenvalue weighted by Crippen LogP contribution is 2.13. The normalized spacial score (nSPS) is 13.0. The number of oxime groups is 1. The Morgan fingerprint density at radius 2 is 2.13 bits per heavy atom. The summed E-state index contributed by atoms with van der Waals surface area (Å²) >= 11 is 0. The minimum Gasteiger partial charge on any atom is -0.411 e. The minimum atomic E-state index is -0.273. The monoisotopic (exact) mass is 207 g/mol. The Morgan fingerprint density at radius 1 is 1.47 bits per heavy atom. The number of nitrogens with zero attached hydrogens (tertiary/aromatic N) is 1. The molecule has 80 valence electrons. The molecule has 0 saturated heterocycles. The standard InChI is InChI=1S/C12H14FNO/c1-3-12(14-15)9(2)8-10-6-4-5-7-11(10)13/h4-8,15H,3H2,1-2H3/b9-8+,14-12?. The third kappa shape index (κ3) is 2.91. The molecule has 3 heteroatoms. The maximum Gasteiger partial charge on any atom is 0.130 e. The van der Waals surface area contributed by atoms with Crippen molar-refractivity contribution in [2.45, 2.75) is 20.3 Å². The van der Waals surface area contributed by atoms with Gasteiger partial charge in [-0.3, -0.25) is 0 Å². The Labute approximate surface area is 88.7 Å². The molecule has 0 aromatic heterocycles. The zero-order chi connectivity index (χ0) is 11.3. The van der Waals surface area contributed by atoms with E-state index < -0.39 is 0 Å². The van der Waals surface area contributed by atoms with Crippen LogP contribution >= 0.6 is 0 Å². The van der Waals surface area contributed by atoms with Gasteiger partial charge in [0.1, 0.15) is 5.82 Å². The second-order valence-electron chi connectivity index (χ2n) is 3.25. The smallest absolute Gasteiger partial charge is 0.130 e. The van der Waals surface area contributed by atoms with Crippen LogP contribution in [-0.2, 0) is 0 Å². The predicted molar refractivity (Wildman–Crippen MR) is 59.6 cm³/mol. The van der Waals surface area contributed by atoms with Crippen molar-refractivity contribution in [3.8, 4) is 0 Å². The van der Waals surface area contributed by atoms with Crippen LogP contribution in [0.2, 0.25) is 0 Å². The summed E-state index contributed by atoms with van der Waals surface area (Å²) in [5.41, 5.74) is 1.84. The van der Waals surface area contributed by atoms with E-state index in [-0.39, 0.29) is 5.82 Å². The van der Waals surface area contributed by atoms with Gasteiger partial charge in [0, 0.05) is 5.56 Å². The Morgan fingerprint density at radius 3 is 2.67 bits per heavy atom. The van der Waals surface area contributed by atoms with Crippen LogP contribution in [0.4, 0.5) is 4.39 Å². The number of hydrogen-bond donors (Lipinski definition) is 1. The molecular weight excluding hydrogens is 193 g/mol. The molecule has 0 spiro atoms. The number of hydrogen-bond acceptors (Lipinski definition) is 2. The van der Waals surface area contributed by atoms with Gasteiger partial charge >= 0.3 is 0 Å². The van der Waals surface area contributed by atoms with Gasteiger partial charge in [0.15, 0.2) is 0 Å². The summed E-state index contributed by atoms with van der Waals surface area (Å²) in [6.45, 7) is 3.68. The third-order valence-electron chi connectivity index (χ3n) is 2.19. The highest BCUT2D eigenvalue weighted by Gasteiger charge is 2.02. The lowest BCUT2D eigenvalue weighted by molar-refractivity contribution is 0.318. The molecule has 0 radical (unpaired) electrons. The topological polar surface area (TPSA) is 32.6 Å². The van der Waals surface area contributed by atoms with Gasteiger partial charge in [-0.05, 0) is 31.1 Å². The molecule has 0 aliphatic carbocycles. The second kappa shape index (κ2) is 5.29. The van der Waals surface area contributed by atoms with Crippen LogP contribution in [0.15, 0.2) is 35.0 Å². The quantitative estimate of drug-likeness (QED) is 0.459. The largest absolute Gasteiger partial charge is 0.411 e. The molecule has 0 amide bonds. The van der Waals surface area contributed by atoms with Gasteiger partial charge in [-0.15, -0.1) is 0 Å². The van der Waals surface area contributed by atoms with Crippen LogP contribution in [0.25, 0.3) is 6.08 Å². The fourth-order valence-corrected chi connectivity index (χ4v) is 1.34. The molecule has 0 heterocycles. The van der Waals surface area contributed by atoms with E-state index in [0.717, 1.165) is 5.57 Å². The van der Waals surface area contributed by atoms with Crippen molar-refractivity contribution in [2.24, 2.45) is 5.16 Å². The van der Waals surface area contributed by atoms with Crippen LogP contribution in [0.3, 0.4) is 0 Å². The van der Waals surface area contributed by atoms with Crippen molar-refractivity contribution in [1.29, 1.82) is 0 Å².